The molecule has 1 amide bonds. The third-order valence-corrected chi connectivity index (χ3v) is 2.95. The zero-order chi connectivity index (χ0) is 14.1. The molecule has 0 spiro atoms. The van der Waals surface area contributed by atoms with Gasteiger partial charge >= 0.3 is 0 Å². The highest BCUT2D eigenvalue weighted by Gasteiger charge is 2.12. The number of aromatic amines is 1. The van der Waals surface area contributed by atoms with E-state index < -0.39 is 11.7 Å². The van der Waals surface area contributed by atoms with Gasteiger partial charge in [-0.3, -0.25) is 9.78 Å². The molecule has 3 aromatic rings. The summed E-state index contributed by atoms with van der Waals surface area (Å²) >= 11 is 0. The number of rotatable bonds is 2. The molecule has 4 N–H and O–H groups in total. The van der Waals surface area contributed by atoms with Crippen molar-refractivity contribution in [2.75, 3.05) is 11.1 Å². The van der Waals surface area contributed by atoms with E-state index >= 15 is 0 Å². The number of para-hydroxylation sites is 1. The number of amides is 1. The molecule has 0 radical (unpaired) electrons. The number of anilines is 2. The van der Waals surface area contributed by atoms with E-state index in [0.29, 0.717) is 16.9 Å². The molecule has 0 fully saturated rings. The number of nitrogen functional groups attached to an aromatic ring is 1. The van der Waals surface area contributed by atoms with Crippen LogP contribution in [0.25, 0.3) is 10.9 Å². The lowest BCUT2D eigenvalue weighted by molar-refractivity contribution is 0.102. The van der Waals surface area contributed by atoms with Gasteiger partial charge in [0, 0.05) is 11.6 Å². The van der Waals surface area contributed by atoms with Crippen LogP contribution in [0.1, 0.15) is 10.5 Å². The van der Waals surface area contributed by atoms with Crippen LogP contribution in [0.5, 0.6) is 0 Å². The van der Waals surface area contributed by atoms with E-state index in [2.05, 4.69) is 15.3 Å². The van der Waals surface area contributed by atoms with Crippen LogP contribution in [0.2, 0.25) is 0 Å². The number of H-pyrrole nitrogens is 1. The molecule has 0 saturated heterocycles. The molecule has 2 aromatic heterocycles. The van der Waals surface area contributed by atoms with Gasteiger partial charge in [0.05, 0.1) is 23.1 Å². The Bertz CT molecular complexity index is 797. The summed E-state index contributed by atoms with van der Waals surface area (Å²) < 4.78 is 13.4. The lowest BCUT2D eigenvalue weighted by Crippen LogP contribution is -2.13. The first kappa shape index (κ1) is 12.2. The molecule has 20 heavy (non-hydrogen) atoms. The fourth-order valence-electron chi connectivity index (χ4n) is 1.97. The Morgan fingerprint density at radius 2 is 2.20 bits per heavy atom. The largest absolute Gasteiger partial charge is 0.397 e. The monoisotopic (exact) mass is 270 g/mol. The zero-order valence-electron chi connectivity index (χ0n) is 10.4. The molecule has 0 bridgehead atoms. The number of benzene rings is 1. The van der Waals surface area contributed by atoms with Gasteiger partial charge in [-0.05, 0) is 18.2 Å². The molecule has 0 atom stereocenters. The molecule has 0 unspecified atom stereocenters. The Balaban J connectivity index is 1.93. The van der Waals surface area contributed by atoms with E-state index in [0.717, 1.165) is 11.6 Å². The van der Waals surface area contributed by atoms with E-state index in [1.807, 2.05) is 6.07 Å². The fourth-order valence-corrected chi connectivity index (χ4v) is 1.97. The van der Waals surface area contributed by atoms with Crippen molar-refractivity contribution in [2.24, 2.45) is 0 Å². The molecule has 5 nitrogen and oxygen atoms in total. The van der Waals surface area contributed by atoms with Crippen LogP contribution in [0.4, 0.5) is 15.8 Å². The van der Waals surface area contributed by atoms with Crippen molar-refractivity contribution < 1.29 is 9.18 Å². The summed E-state index contributed by atoms with van der Waals surface area (Å²) in [5.41, 5.74) is 7.45. The van der Waals surface area contributed by atoms with E-state index in [4.69, 9.17) is 5.73 Å². The number of aromatic nitrogens is 2. The predicted octanol–water partition coefficient (Wildman–Crippen LogP) is 2.54. The van der Waals surface area contributed by atoms with Crippen molar-refractivity contribution in [1.82, 2.24) is 9.97 Å². The van der Waals surface area contributed by atoms with Crippen molar-refractivity contribution in [1.29, 1.82) is 0 Å². The minimum atomic E-state index is -0.587. The number of pyridine rings is 1. The Kier molecular flexibility index (Phi) is 2.83. The SMILES string of the molecule is Nc1cccc2cc(C(=O)Nc3ccncc3F)[nH]c12. The molecule has 0 aliphatic heterocycles. The summed E-state index contributed by atoms with van der Waals surface area (Å²) in [6.07, 6.45) is 2.45. The first-order valence-corrected chi connectivity index (χ1v) is 5.93. The van der Waals surface area contributed by atoms with E-state index in [-0.39, 0.29) is 5.69 Å². The van der Waals surface area contributed by atoms with Gasteiger partial charge in [0.15, 0.2) is 5.82 Å². The standard InChI is InChI=1S/C14H11FN4O/c15-9-7-17-5-4-11(9)19-14(20)12-6-8-2-1-3-10(16)13(8)18-12/h1-7,18H,16H2,(H,17,19,20). The van der Waals surface area contributed by atoms with Crippen LogP contribution in [-0.2, 0) is 0 Å². The molecule has 0 saturated carbocycles. The smallest absolute Gasteiger partial charge is 0.272 e. The number of nitrogens with zero attached hydrogens (tertiary/aromatic N) is 1. The first-order chi connectivity index (χ1) is 9.65. The maximum absolute atomic E-state index is 13.4. The molecule has 3 rings (SSSR count). The second-order valence-electron chi connectivity index (χ2n) is 4.30. The topological polar surface area (TPSA) is 83.8 Å². The molecular weight excluding hydrogens is 259 g/mol. The van der Waals surface area contributed by atoms with Crippen molar-refractivity contribution in [2.45, 2.75) is 0 Å². The number of hydrogen-bond acceptors (Lipinski definition) is 3. The summed E-state index contributed by atoms with van der Waals surface area (Å²) in [6, 6.07) is 8.44. The Morgan fingerprint density at radius 3 is 2.95 bits per heavy atom. The van der Waals surface area contributed by atoms with Gasteiger partial charge in [0.2, 0.25) is 0 Å². The van der Waals surface area contributed by atoms with Crippen LogP contribution in [0, 0.1) is 5.82 Å². The number of carbonyl (C=O) groups excluding carboxylic acids is 1. The normalized spacial score (nSPS) is 10.7. The number of fused-ring (bicyclic) bond motifs is 1. The van der Waals surface area contributed by atoms with E-state index in [9.17, 15) is 9.18 Å². The van der Waals surface area contributed by atoms with Crippen molar-refractivity contribution in [3.63, 3.8) is 0 Å². The van der Waals surface area contributed by atoms with Gasteiger partial charge in [0.1, 0.15) is 5.69 Å². The van der Waals surface area contributed by atoms with Crippen molar-refractivity contribution >= 4 is 28.2 Å². The molecule has 0 aliphatic rings. The predicted molar refractivity (Wildman–Crippen MR) is 74.9 cm³/mol. The Labute approximate surface area is 113 Å². The van der Waals surface area contributed by atoms with Crippen LogP contribution in [0.3, 0.4) is 0 Å². The first-order valence-electron chi connectivity index (χ1n) is 5.93. The van der Waals surface area contributed by atoms with E-state index in [1.165, 1.54) is 12.3 Å². The van der Waals surface area contributed by atoms with Gasteiger partial charge in [0.25, 0.3) is 5.91 Å². The molecule has 2 heterocycles. The third kappa shape index (κ3) is 2.07. The maximum atomic E-state index is 13.4. The average molecular weight is 270 g/mol. The highest BCUT2D eigenvalue weighted by molar-refractivity contribution is 6.07. The van der Waals surface area contributed by atoms with Gasteiger partial charge in [-0.15, -0.1) is 0 Å². The van der Waals surface area contributed by atoms with Crippen LogP contribution >= 0.6 is 0 Å². The van der Waals surface area contributed by atoms with Gasteiger partial charge in [-0.2, -0.15) is 0 Å². The van der Waals surface area contributed by atoms with Gasteiger partial charge in [-0.1, -0.05) is 12.1 Å². The Morgan fingerprint density at radius 1 is 1.35 bits per heavy atom. The quantitative estimate of drug-likeness (QED) is 0.626. The zero-order valence-corrected chi connectivity index (χ0v) is 10.4. The average Bonchev–Trinajstić information content (AvgIpc) is 2.87. The molecule has 6 heteroatoms. The molecule has 100 valence electrons. The minimum Gasteiger partial charge on any atom is -0.397 e. The minimum absolute atomic E-state index is 0.0802. The number of nitrogens with two attached hydrogens (primary N) is 1. The highest BCUT2D eigenvalue weighted by atomic mass is 19.1. The number of nitrogens with one attached hydrogen (secondary N) is 2. The van der Waals surface area contributed by atoms with Crippen LogP contribution in [0.15, 0.2) is 42.7 Å². The van der Waals surface area contributed by atoms with Crippen LogP contribution < -0.4 is 11.1 Å². The lowest BCUT2D eigenvalue weighted by atomic mass is 10.2. The van der Waals surface area contributed by atoms with E-state index in [1.54, 1.807) is 18.2 Å². The van der Waals surface area contributed by atoms with Crippen LogP contribution in [-0.4, -0.2) is 15.9 Å². The van der Waals surface area contributed by atoms with Crippen molar-refractivity contribution in [3.05, 3.63) is 54.2 Å². The molecular formula is C14H11FN4O. The molecule has 1 aromatic carbocycles. The van der Waals surface area contributed by atoms with Gasteiger partial charge < -0.3 is 16.0 Å². The summed E-state index contributed by atoms with van der Waals surface area (Å²) in [7, 11) is 0. The summed E-state index contributed by atoms with van der Waals surface area (Å²) in [6.45, 7) is 0. The Hall–Kier alpha value is -2.89. The summed E-state index contributed by atoms with van der Waals surface area (Å²) in [5, 5.41) is 3.31. The second-order valence-corrected chi connectivity index (χ2v) is 4.30. The number of hydrogen-bond donors (Lipinski definition) is 3. The molecule has 0 aliphatic carbocycles. The third-order valence-electron chi connectivity index (χ3n) is 2.95. The summed E-state index contributed by atoms with van der Waals surface area (Å²) in [5.74, 6) is -1.03. The van der Waals surface area contributed by atoms with Gasteiger partial charge in [-0.25, -0.2) is 4.39 Å². The maximum Gasteiger partial charge on any atom is 0.272 e. The highest BCUT2D eigenvalue weighted by Crippen LogP contribution is 2.22. The lowest BCUT2D eigenvalue weighted by Gasteiger charge is -2.03. The second kappa shape index (κ2) is 4.65. The summed E-state index contributed by atoms with van der Waals surface area (Å²) in [4.78, 5) is 18.6. The number of carbonyl (C=O) groups is 1. The fraction of sp³-hybridized carbons (Fsp3) is 0. The number of halogens is 1. The van der Waals surface area contributed by atoms with Crippen molar-refractivity contribution in [3.8, 4) is 0 Å².